The molecule has 2 amide bonds. The Morgan fingerprint density at radius 1 is 1.44 bits per heavy atom. The number of nitrogens with one attached hydrogen (secondary N) is 1. The second kappa shape index (κ2) is 8.34. The number of carboxylic acid groups (broad SMARTS) is 1. The lowest BCUT2D eigenvalue weighted by Crippen LogP contribution is -2.43. The van der Waals surface area contributed by atoms with E-state index in [0.29, 0.717) is 19.4 Å². The van der Waals surface area contributed by atoms with Crippen molar-refractivity contribution in [3.8, 4) is 6.07 Å². The van der Waals surface area contributed by atoms with Gasteiger partial charge in [0, 0.05) is 26.1 Å². The molecular weight excluding hydrogens is 234 g/mol. The number of carbonyl (C=O) groups excluding carboxylic acids is 1. The van der Waals surface area contributed by atoms with Gasteiger partial charge in [0.25, 0.3) is 0 Å². The van der Waals surface area contributed by atoms with Gasteiger partial charge in [0.2, 0.25) is 0 Å². The highest BCUT2D eigenvalue weighted by molar-refractivity contribution is 5.74. The van der Waals surface area contributed by atoms with Crippen LogP contribution < -0.4 is 5.32 Å². The van der Waals surface area contributed by atoms with Crippen molar-refractivity contribution in [3.63, 3.8) is 0 Å². The van der Waals surface area contributed by atoms with Crippen LogP contribution in [0.15, 0.2) is 0 Å². The number of amides is 2. The van der Waals surface area contributed by atoms with E-state index in [-0.39, 0.29) is 24.4 Å². The third-order valence-corrected chi connectivity index (χ3v) is 2.82. The molecule has 0 rings (SSSR count). The predicted molar refractivity (Wildman–Crippen MR) is 66.9 cm³/mol. The molecule has 2 atom stereocenters. The van der Waals surface area contributed by atoms with Gasteiger partial charge in [-0.15, -0.1) is 0 Å². The van der Waals surface area contributed by atoms with Crippen LogP contribution in [-0.2, 0) is 4.79 Å². The Morgan fingerprint density at radius 3 is 2.56 bits per heavy atom. The van der Waals surface area contributed by atoms with Crippen LogP contribution in [0.2, 0.25) is 0 Å². The Balaban J connectivity index is 3.95. The van der Waals surface area contributed by atoms with E-state index < -0.39 is 5.97 Å². The lowest BCUT2D eigenvalue weighted by atomic mass is 10.1. The van der Waals surface area contributed by atoms with E-state index in [2.05, 4.69) is 5.32 Å². The van der Waals surface area contributed by atoms with Gasteiger partial charge in [-0.25, -0.2) is 4.79 Å². The van der Waals surface area contributed by atoms with Gasteiger partial charge >= 0.3 is 12.0 Å². The zero-order chi connectivity index (χ0) is 14.1. The number of carboxylic acids is 1. The van der Waals surface area contributed by atoms with Crippen LogP contribution in [0.5, 0.6) is 0 Å². The third-order valence-electron chi connectivity index (χ3n) is 2.82. The summed E-state index contributed by atoms with van der Waals surface area (Å²) >= 11 is 0. The highest BCUT2D eigenvalue weighted by Crippen LogP contribution is 2.05. The van der Waals surface area contributed by atoms with Gasteiger partial charge in [0.15, 0.2) is 0 Å². The van der Waals surface area contributed by atoms with Gasteiger partial charge < -0.3 is 15.3 Å². The number of hydrogen-bond acceptors (Lipinski definition) is 3. The van der Waals surface area contributed by atoms with Gasteiger partial charge in [0.05, 0.1) is 12.5 Å². The Morgan fingerprint density at radius 2 is 2.06 bits per heavy atom. The Hall–Kier alpha value is -1.77. The zero-order valence-electron chi connectivity index (χ0n) is 11.1. The van der Waals surface area contributed by atoms with Gasteiger partial charge in [0.1, 0.15) is 0 Å². The number of carbonyl (C=O) groups is 2. The fraction of sp³-hybridized carbons (Fsp3) is 0.750. The predicted octanol–water partition coefficient (Wildman–Crippen LogP) is 1.43. The maximum Gasteiger partial charge on any atom is 0.317 e. The van der Waals surface area contributed by atoms with Crippen molar-refractivity contribution in [1.29, 1.82) is 5.26 Å². The molecule has 0 aliphatic carbocycles. The molecule has 0 aliphatic rings. The summed E-state index contributed by atoms with van der Waals surface area (Å²) in [5.41, 5.74) is 0. The standard InChI is InChI=1S/C12H21N3O3/c1-9(4-5-11(16)17)8-14-12(18)15(3)10(2)6-7-13/h9-10H,4-6,8H2,1-3H3,(H,14,18)(H,16,17). The van der Waals surface area contributed by atoms with Crippen LogP contribution in [0.4, 0.5) is 4.79 Å². The average molecular weight is 255 g/mol. The summed E-state index contributed by atoms with van der Waals surface area (Å²) in [6.07, 6.45) is 0.934. The number of nitriles is 1. The van der Waals surface area contributed by atoms with Crippen LogP contribution in [0.1, 0.15) is 33.1 Å². The monoisotopic (exact) mass is 255 g/mol. The van der Waals surface area contributed by atoms with E-state index in [1.54, 1.807) is 14.0 Å². The molecule has 0 aromatic heterocycles. The van der Waals surface area contributed by atoms with Crippen LogP contribution in [-0.4, -0.2) is 41.6 Å². The zero-order valence-corrected chi connectivity index (χ0v) is 11.1. The maximum absolute atomic E-state index is 11.7. The van der Waals surface area contributed by atoms with Crippen LogP contribution in [0.25, 0.3) is 0 Å². The quantitative estimate of drug-likeness (QED) is 0.719. The fourth-order valence-electron chi connectivity index (χ4n) is 1.33. The van der Waals surface area contributed by atoms with Crippen LogP contribution >= 0.6 is 0 Å². The highest BCUT2D eigenvalue weighted by Gasteiger charge is 2.15. The van der Waals surface area contributed by atoms with Gasteiger partial charge in [-0.05, 0) is 19.3 Å². The SMILES string of the molecule is CC(CCC(=O)O)CNC(=O)N(C)C(C)CC#N. The average Bonchev–Trinajstić information content (AvgIpc) is 2.32. The molecule has 0 aromatic rings. The van der Waals surface area contributed by atoms with E-state index in [1.165, 1.54) is 4.90 Å². The van der Waals surface area contributed by atoms with Crippen molar-refractivity contribution in [2.45, 2.75) is 39.2 Å². The van der Waals surface area contributed by atoms with Crippen molar-refractivity contribution in [2.75, 3.05) is 13.6 Å². The number of aliphatic carboxylic acids is 1. The topological polar surface area (TPSA) is 93.4 Å². The molecule has 0 heterocycles. The van der Waals surface area contributed by atoms with Crippen molar-refractivity contribution in [1.82, 2.24) is 10.2 Å². The molecule has 6 nitrogen and oxygen atoms in total. The number of rotatable bonds is 7. The second-order valence-electron chi connectivity index (χ2n) is 4.55. The number of nitrogens with zero attached hydrogens (tertiary/aromatic N) is 2. The molecule has 18 heavy (non-hydrogen) atoms. The molecule has 0 fully saturated rings. The summed E-state index contributed by atoms with van der Waals surface area (Å²) in [5.74, 6) is -0.711. The van der Waals surface area contributed by atoms with Crippen LogP contribution in [0.3, 0.4) is 0 Å². The molecule has 0 aromatic carbocycles. The van der Waals surface area contributed by atoms with E-state index in [9.17, 15) is 9.59 Å². The van der Waals surface area contributed by atoms with Crippen molar-refractivity contribution >= 4 is 12.0 Å². The minimum absolute atomic E-state index is 0.109. The van der Waals surface area contributed by atoms with Gasteiger partial charge in [-0.2, -0.15) is 5.26 Å². The van der Waals surface area contributed by atoms with E-state index in [4.69, 9.17) is 10.4 Å². The van der Waals surface area contributed by atoms with Crippen LogP contribution in [0, 0.1) is 17.2 Å². The first-order chi connectivity index (χ1) is 8.38. The molecule has 0 radical (unpaired) electrons. The first kappa shape index (κ1) is 16.2. The summed E-state index contributed by atoms with van der Waals surface area (Å²) in [7, 11) is 1.64. The molecule has 0 saturated heterocycles. The molecule has 2 N–H and O–H groups in total. The largest absolute Gasteiger partial charge is 0.481 e. The van der Waals surface area contributed by atoms with Crippen molar-refractivity contribution in [3.05, 3.63) is 0 Å². The van der Waals surface area contributed by atoms with Gasteiger partial charge in [-0.1, -0.05) is 6.92 Å². The Kier molecular flexibility index (Phi) is 7.52. The van der Waals surface area contributed by atoms with Crippen molar-refractivity contribution < 1.29 is 14.7 Å². The van der Waals surface area contributed by atoms with E-state index in [0.717, 1.165) is 0 Å². The molecule has 0 aliphatic heterocycles. The molecule has 0 saturated carbocycles. The molecule has 2 unspecified atom stereocenters. The molecule has 102 valence electrons. The second-order valence-corrected chi connectivity index (χ2v) is 4.55. The molecule has 0 spiro atoms. The van der Waals surface area contributed by atoms with Crippen molar-refractivity contribution in [2.24, 2.45) is 5.92 Å². The Bertz CT molecular complexity index is 325. The first-order valence-electron chi connectivity index (χ1n) is 5.97. The minimum Gasteiger partial charge on any atom is -0.481 e. The van der Waals surface area contributed by atoms with Gasteiger partial charge in [-0.3, -0.25) is 4.79 Å². The molecular formula is C12H21N3O3. The summed E-state index contributed by atoms with van der Waals surface area (Å²) in [4.78, 5) is 23.6. The first-order valence-corrected chi connectivity index (χ1v) is 5.97. The maximum atomic E-state index is 11.7. The number of urea groups is 1. The smallest absolute Gasteiger partial charge is 0.317 e. The third kappa shape index (κ3) is 6.74. The fourth-order valence-corrected chi connectivity index (χ4v) is 1.33. The summed E-state index contributed by atoms with van der Waals surface area (Å²) < 4.78 is 0. The molecule has 0 bridgehead atoms. The summed E-state index contributed by atoms with van der Waals surface area (Å²) in [5, 5.41) is 19.8. The number of hydrogen-bond donors (Lipinski definition) is 2. The minimum atomic E-state index is -0.826. The highest BCUT2D eigenvalue weighted by atomic mass is 16.4. The lowest BCUT2D eigenvalue weighted by molar-refractivity contribution is -0.137. The summed E-state index contributed by atoms with van der Waals surface area (Å²) in [6.45, 7) is 4.13. The Labute approximate surface area is 108 Å². The van der Waals surface area contributed by atoms with E-state index in [1.807, 2.05) is 13.0 Å². The normalized spacial score (nSPS) is 13.2. The lowest BCUT2D eigenvalue weighted by Gasteiger charge is -2.24. The summed E-state index contributed by atoms with van der Waals surface area (Å²) in [6, 6.07) is 1.64. The van der Waals surface area contributed by atoms with E-state index >= 15 is 0 Å². The molecule has 6 heteroatoms.